The van der Waals surface area contributed by atoms with Gasteiger partial charge in [0.05, 0.1) is 0 Å². The summed E-state index contributed by atoms with van der Waals surface area (Å²) in [5.41, 5.74) is 0. The summed E-state index contributed by atoms with van der Waals surface area (Å²) in [6.07, 6.45) is 6.32. The van der Waals surface area contributed by atoms with E-state index >= 15 is 0 Å². The minimum absolute atomic E-state index is 0.454. The van der Waals surface area contributed by atoms with Crippen LogP contribution in [0.15, 0.2) is 0 Å². The molecule has 0 aromatic heterocycles. The van der Waals surface area contributed by atoms with Crippen molar-refractivity contribution in [2.24, 2.45) is 11.8 Å². The van der Waals surface area contributed by atoms with E-state index in [0.717, 1.165) is 12.3 Å². The average Bonchev–Trinajstić information content (AvgIpc) is 1.65. The zero-order chi connectivity index (χ0) is 6.57. The summed E-state index contributed by atoms with van der Waals surface area (Å²) in [7, 11) is 0. The molecule has 0 nitrogen and oxygen atoms in total. The second-order valence-corrected chi connectivity index (χ2v) is 2.70. The molecule has 0 radical (unpaired) electrons. The van der Waals surface area contributed by atoms with Gasteiger partial charge in [0.15, 0.2) is 0 Å². The molecule has 0 saturated carbocycles. The van der Waals surface area contributed by atoms with Crippen LogP contribution in [0.2, 0.25) is 0 Å². The largest absolute Gasteiger partial charge is 0.120 e. The van der Waals surface area contributed by atoms with Crippen molar-refractivity contribution >= 4 is 0 Å². The highest BCUT2D eigenvalue weighted by molar-refractivity contribution is 4.90. The van der Waals surface area contributed by atoms with Crippen LogP contribution in [0.4, 0.5) is 0 Å². The number of terminal acetylenes is 1. The second-order valence-electron chi connectivity index (χ2n) is 2.70. The molecule has 0 aromatic carbocycles. The molecule has 8 heavy (non-hydrogen) atoms. The van der Waals surface area contributed by atoms with Crippen molar-refractivity contribution in [1.29, 1.82) is 0 Å². The lowest BCUT2D eigenvalue weighted by Gasteiger charge is -2.05. The molecule has 0 aromatic rings. The van der Waals surface area contributed by atoms with Gasteiger partial charge in [-0.15, -0.1) is 12.3 Å². The summed E-state index contributed by atoms with van der Waals surface area (Å²) in [6, 6.07) is 0. The van der Waals surface area contributed by atoms with Gasteiger partial charge in [0, 0.05) is 5.92 Å². The van der Waals surface area contributed by atoms with Crippen LogP contribution in [0, 0.1) is 24.2 Å². The third kappa shape index (κ3) is 3.74. The highest BCUT2D eigenvalue weighted by atomic mass is 14.0. The highest BCUT2D eigenvalue weighted by Gasteiger charge is 1.98. The van der Waals surface area contributed by atoms with E-state index in [-0.39, 0.29) is 0 Å². The maximum absolute atomic E-state index is 5.17. The summed E-state index contributed by atoms with van der Waals surface area (Å²) in [5, 5.41) is 0. The monoisotopic (exact) mass is 110 g/mol. The van der Waals surface area contributed by atoms with Gasteiger partial charge in [0.25, 0.3) is 0 Å². The smallest absolute Gasteiger partial charge is 0.0174 e. The topological polar surface area (TPSA) is 0 Å². The van der Waals surface area contributed by atoms with E-state index in [4.69, 9.17) is 6.42 Å². The summed E-state index contributed by atoms with van der Waals surface area (Å²) in [4.78, 5) is 0. The van der Waals surface area contributed by atoms with Gasteiger partial charge in [-0.25, -0.2) is 0 Å². The zero-order valence-electron chi connectivity index (χ0n) is 5.94. The fourth-order valence-corrected chi connectivity index (χ4v) is 0.775. The number of hydrogen-bond acceptors (Lipinski definition) is 0. The van der Waals surface area contributed by atoms with Crippen LogP contribution in [-0.4, -0.2) is 0 Å². The molecule has 46 valence electrons. The summed E-state index contributed by atoms with van der Waals surface area (Å²) >= 11 is 0. The number of hydrogen-bond donors (Lipinski definition) is 0. The standard InChI is InChI=1S/C8H14/c1-5-8(4)6-7(2)3/h1,7-8H,6H2,2-4H3/t8-/m1/s1. The van der Waals surface area contributed by atoms with Crippen molar-refractivity contribution < 1.29 is 0 Å². The fourth-order valence-electron chi connectivity index (χ4n) is 0.775. The van der Waals surface area contributed by atoms with Gasteiger partial charge in [-0.05, 0) is 12.3 Å². The Kier molecular flexibility index (Phi) is 3.35. The molecule has 0 rings (SSSR count). The van der Waals surface area contributed by atoms with E-state index in [2.05, 4.69) is 26.7 Å². The van der Waals surface area contributed by atoms with Crippen molar-refractivity contribution in [1.82, 2.24) is 0 Å². The Morgan fingerprint density at radius 2 is 1.88 bits per heavy atom. The molecular weight excluding hydrogens is 96.1 g/mol. The van der Waals surface area contributed by atoms with Crippen LogP contribution in [0.5, 0.6) is 0 Å². The molecule has 0 spiro atoms. The lowest BCUT2D eigenvalue weighted by molar-refractivity contribution is 0.514. The molecule has 0 unspecified atom stereocenters. The molecular formula is C8H14. The third-order valence-electron chi connectivity index (χ3n) is 1.11. The van der Waals surface area contributed by atoms with Crippen LogP contribution < -0.4 is 0 Å². The summed E-state index contributed by atoms with van der Waals surface area (Å²) < 4.78 is 0. The minimum Gasteiger partial charge on any atom is -0.120 e. The molecule has 0 aliphatic carbocycles. The lowest BCUT2D eigenvalue weighted by Crippen LogP contribution is -1.95. The molecule has 0 bridgehead atoms. The normalized spacial score (nSPS) is 13.4. The van der Waals surface area contributed by atoms with Crippen LogP contribution in [-0.2, 0) is 0 Å². The lowest BCUT2D eigenvalue weighted by atomic mass is 10.0. The van der Waals surface area contributed by atoms with Crippen LogP contribution in [0.1, 0.15) is 27.2 Å². The van der Waals surface area contributed by atoms with E-state index in [1.54, 1.807) is 0 Å². The van der Waals surface area contributed by atoms with Crippen LogP contribution in [0.25, 0.3) is 0 Å². The Balaban J connectivity index is 3.28. The van der Waals surface area contributed by atoms with Crippen molar-refractivity contribution in [3.8, 4) is 12.3 Å². The molecule has 1 atom stereocenters. The average molecular weight is 110 g/mol. The SMILES string of the molecule is C#C[C@@H](C)CC(C)C. The summed E-state index contributed by atoms with van der Waals surface area (Å²) in [5.74, 6) is 3.89. The first kappa shape index (κ1) is 7.56. The predicted octanol–water partition coefficient (Wildman–Crippen LogP) is 2.30. The third-order valence-corrected chi connectivity index (χ3v) is 1.11. The first-order chi connectivity index (χ1) is 3.66. The Hall–Kier alpha value is -0.440. The van der Waals surface area contributed by atoms with Crippen molar-refractivity contribution in [2.45, 2.75) is 27.2 Å². The van der Waals surface area contributed by atoms with Gasteiger partial charge in [0.1, 0.15) is 0 Å². The first-order valence-corrected chi connectivity index (χ1v) is 3.13. The van der Waals surface area contributed by atoms with Gasteiger partial charge >= 0.3 is 0 Å². The van der Waals surface area contributed by atoms with Gasteiger partial charge in [-0.3, -0.25) is 0 Å². The van der Waals surface area contributed by atoms with E-state index in [1.165, 1.54) is 0 Å². The van der Waals surface area contributed by atoms with Crippen LogP contribution >= 0.6 is 0 Å². The fraction of sp³-hybridized carbons (Fsp3) is 0.750. The van der Waals surface area contributed by atoms with E-state index in [0.29, 0.717) is 5.92 Å². The first-order valence-electron chi connectivity index (χ1n) is 3.13. The van der Waals surface area contributed by atoms with Gasteiger partial charge in [-0.2, -0.15) is 0 Å². The van der Waals surface area contributed by atoms with Crippen molar-refractivity contribution in [3.63, 3.8) is 0 Å². The Morgan fingerprint density at radius 3 is 2.00 bits per heavy atom. The zero-order valence-corrected chi connectivity index (χ0v) is 5.94. The van der Waals surface area contributed by atoms with Gasteiger partial charge in [-0.1, -0.05) is 20.8 Å². The van der Waals surface area contributed by atoms with Gasteiger partial charge < -0.3 is 0 Å². The quantitative estimate of drug-likeness (QED) is 0.478. The summed E-state index contributed by atoms with van der Waals surface area (Å²) in [6.45, 7) is 6.46. The molecule has 0 amide bonds. The predicted molar refractivity (Wildman–Crippen MR) is 37.5 cm³/mol. The number of rotatable bonds is 2. The van der Waals surface area contributed by atoms with E-state index < -0.39 is 0 Å². The Labute approximate surface area is 52.3 Å². The molecule has 0 aliphatic rings. The Morgan fingerprint density at radius 1 is 1.38 bits per heavy atom. The highest BCUT2D eigenvalue weighted by Crippen LogP contribution is 2.08. The molecule has 0 heteroatoms. The van der Waals surface area contributed by atoms with E-state index in [9.17, 15) is 0 Å². The van der Waals surface area contributed by atoms with Gasteiger partial charge in [0.2, 0.25) is 0 Å². The van der Waals surface area contributed by atoms with Crippen LogP contribution in [0.3, 0.4) is 0 Å². The maximum atomic E-state index is 5.17. The van der Waals surface area contributed by atoms with E-state index in [1.807, 2.05) is 0 Å². The molecule has 0 N–H and O–H groups in total. The molecule has 0 fully saturated rings. The van der Waals surface area contributed by atoms with Crippen molar-refractivity contribution in [3.05, 3.63) is 0 Å². The molecule has 0 aliphatic heterocycles. The Bertz CT molecular complexity index is 84.7. The molecule has 0 saturated heterocycles. The minimum atomic E-state index is 0.454. The van der Waals surface area contributed by atoms with Crippen molar-refractivity contribution in [2.75, 3.05) is 0 Å². The maximum Gasteiger partial charge on any atom is 0.0174 e. The molecule has 0 heterocycles. The second kappa shape index (κ2) is 3.55.